The van der Waals surface area contributed by atoms with Crippen molar-refractivity contribution in [1.29, 1.82) is 0 Å². The van der Waals surface area contributed by atoms with Gasteiger partial charge in [-0.2, -0.15) is 0 Å². The van der Waals surface area contributed by atoms with Crippen molar-refractivity contribution < 1.29 is 4.79 Å². The molecular weight excluding hydrogens is 252 g/mol. The number of hydrogen-bond acceptors (Lipinski definition) is 4. The van der Waals surface area contributed by atoms with E-state index in [4.69, 9.17) is 0 Å². The van der Waals surface area contributed by atoms with Crippen LogP contribution >= 0.6 is 0 Å². The molecule has 20 heavy (non-hydrogen) atoms. The van der Waals surface area contributed by atoms with Gasteiger partial charge in [0.15, 0.2) is 0 Å². The molecule has 0 atom stereocenters. The lowest BCUT2D eigenvalue weighted by Gasteiger charge is -2.39. The summed E-state index contributed by atoms with van der Waals surface area (Å²) in [6.07, 6.45) is 7.64. The summed E-state index contributed by atoms with van der Waals surface area (Å²) < 4.78 is 0. The second-order valence-corrected chi connectivity index (χ2v) is 4.93. The largest absolute Gasteiger partial charge is 0.337 e. The van der Waals surface area contributed by atoms with E-state index in [2.05, 4.69) is 21.0 Å². The van der Waals surface area contributed by atoms with E-state index in [1.807, 2.05) is 24.1 Å². The monoisotopic (exact) mass is 268 g/mol. The summed E-state index contributed by atoms with van der Waals surface area (Å²) in [6.45, 7) is 3.46. The summed E-state index contributed by atoms with van der Waals surface area (Å²) >= 11 is 0. The van der Waals surface area contributed by atoms with E-state index in [1.54, 1.807) is 18.6 Å². The molecule has 0 bridgehead atoms. The maximum Gasteiger partial charge on any atom is 0.257 e. The van der Waals surface area contributed by atoms with Crippen LogP contribution in [0.2, 0.25) is 0 Å². The van der Waals surface area contributed by atoms with Crippen LogP contribution in [-0.4, -0.2) is 38.8 Å². The Morgan fingerprint density at radius 2 is 2.05 bits per heavy atom. The molecule has 1 amide bonds. The van der Waals surface area contributed by atoms with Crippen molar-refractivity contribution in [2.24, 2.45) is 0 Å². The third-order valence-corrected chi connectivity index (χ3v) is 3.59. The van der Waals surface area contributed by atoms with Gasteiger partial charge in [-0.05, 0) is 11.6 Å². The Hall–Kier alpha value is -2.30. The summed E-state index contributed by atoms with van der Waals surface area (Å²) in [6, 6.07) is 3.98. The van der Waals surface area contributed by atoms with Gasteiger partial charge in [-0.25, -0.2) is 9.97 Å². The third kappa shape index (κ3) is 2.39. The van der Waals surface area contributed by atoms with Crippen LogP contribution < -0.4 is 0 Å². The van der Waals surface area contributed by atoms with Crippen LogP contribution in [-0.2, 0) is 6.42 Å². The van der Waals surface area contributed by atoms with Gasteiger partial charge in [0, 0.05) is 50.2 Å². The Labute approximate surface area is 117 Å². The first-order valence-electron chi connectivity index (χ1n) is 6.78. The average Bonchev–Trinajstić information content (AvgIpc) is 2.47. The lowest BCUT2D eigenvalue weighted by molar-refractivity contribution is 0.0601. The fraction of sp³-hybridized carbons (Fsp3) is 0.333. The zero-order valence-electron chi connectivity index (χ0n) is 11.4. The quantitative estimate of drug-likeness (QED) is 0.849. The number of hydrogen-bond donors (Lipinski definition) is 0. The van der Waals surface area contributed by atoms with Crippen molar-refractivity contribution in [2.75, 3.05) is 13.1 Å². The number of aromatic nitrogens is 3. The summed E-state index contributed by atoms with van der Waals surface area (Å²) in [5, 5.41) is 0. The van der Waals surface area contributed by atoms with Crippen LogP contribution in [0, 0.1) is 0 Å². The number of rotatable bonds is 3. The average molecular weight is 268 g/mol. The number of carbonyl (C=O) groups is 1. The molecule has 102 valence electrons. The second kappa shape index (κ2) is 5.36. The molecule has 1 aliphatic heterocycles. The van der Waals surface area contributed by atoms with Crippen molar-refractivity contribution in [3.8, 4) is 0 Å². The van der Waals surface area contributed by atoms with Gasteiger partial charge in [0.2, 0.25) is 0 Å². The Kier molecular flexibility index (Phi) is 3.41. The highest BCUT2D eigenvalue weighted by Gasteiger charge is 2.32. The van der Waals surface area contributed by atoms with Gasteiger partial charge in [0.05, 0.1) is 5.56 Å². The van der Waals surface area contributed by atoms with Gasteiger partial charge in [-0.3, -0.25) is 9.78 Å². The van der Waals surface area contributed by atoms with Crippen LogP contribution in [0.1, 0.15) is 34.6 Å². The number of nitrogens with zero attached hydrogens (tertiary/aromatic N) is 4. The highest BCUT2D eigenvalue weighted by molar-refractivity contribution is 5.94. The topological polar surface area (TPSA) is 59.0 Å². The minimum atomic E-state index is 0.00722. The SMILES string of the molecule is CCc1ncc(C(=O)N2CC(c3cccnc3)C2)cn1. The van der Waals surface area contributed by atoms with Crippen LogP contribution in [0.15, 0.2) is 36.9 Å². The number of likely N-dealkylation sites (tertiary alicyclic amines) is 1. The number of carbonyl (C=O) groups excluding carboxylic acids is 1. The van der Waals surface area contributed by atoms with E-state index in [9.17, 15) is 4.79 Å². The molecule has 0 aliphatic carbocycles. The molecule has 2 aromatic rings. The van der Waals surface area contributed by atoms with Crippen LogP contribution in [0.3, 0.4) is 0 Å². The van der Waals surface area contributed by atoms with Gasteiger partial charge >= 0.3 is 0 Å². The molecule has 1 aliphatic rings. The highest BCUT2D eigenvalue weighted by atomic mass is 16.2. The first-order chi connectivity index (χ1) is 9.78. The molecule has 3 heterocycles. The Balaban J connectivity index is 1.63. The standard InChI is InChI=1S/C15H16N4O/c1-2-14-17-7-12(8-18-14)15(20)19-9-13(10-19)11-4-3-5-16-6-11/h3-8,13H,2,9-10H2,1H3. The molecule has 3 rings (SSSR count). The predicted octanol–water partition coefficient (Wildman–Crippen LogP) is 1.67. The zero-order chi connectivity index (χ0) is 13.9. The highest BCUT2D eigenvalue weighted by Crippen LogP contribution is 2.27. The Bertz CT molecular complexity index is 591. The van der Waals surface area contributed by atoms with Crippen molar-refractivity contribution >= 4 is 5.91 Å². The van der Waals surface area contributed by atoms with Gasteiger partial charge in [-0.15, -0.1) is 0 Å². The first-order valence-corrected chi connectivity index (χ1v) is 6.78. The van der Waals surface area contributed by atoms with Crippen LogP contribution in [0.25, 0.3) is 0 Å². The summed E-state index contributed by atoms with van der Waals surface area (Å²) in [5.41, 5.74) is 1.75. The van der Waals surface area contributed by atoms with Gasteiger partial charge in [-0.1, -0.05) is 13.0 Å². The zero-order valence-corrected chi connectivity index (χ0v) is 11.4. The molecule has 0 aromatic carbocycles. The third-order valence-electron chi connectivity index (χ3n) is 3.59. The van der Waals surface area contributed by atoms with Crippen molar-refractivity contribution in [2.45, 2.75) is 19.3 Å². The van der Waals surface area contributed by atoms with Crippen LogP contribution in [0.5, 0.6) is 0 Å². The minimum Gasteiger partial charge on any atom is -0.337 e. The minimum absolute atomic E-state index is 0.00722. The molecule has 0 spiro atoms. The molecular formula is C15H16N4O. The maximum atomic E-state index is 12.2. The fourth-order valence-electron chi connectivity index (χ4n) is 2.30. The van der Waals surface area contributed by atoms with Crippen molar-refractivity contribution in [3.05, 3.63) is 53.9 Å². The smallest absolute Gasteiger partial charge is 0.257 e. The molecule has 1 saturated heterocycles. The maximum absolute atomic E-state index is 12.2. The van der Waals surface area contributed by atoms with Gasteiger partial charge in [0.25, 0.3) is 5.91 Å². The summed E-state index contributed by atoms with van der Waals surface area (Å²) in [5.74, 6) is 1.16. The van der Waals surface area contributed by atoms with E-state index in [0.717, 1.165) is 25.3 Å². The molecule has 0 saturated carbocycles. The molecule has 1 fully saturated rings. The fourth-order valence-corrected chi connectivity index (χ4v) is 2.30. The number of pyridine rings is 1. The molecule has 5 heteroatoms. The lowest BCUT2D eigenvalue weighted by Crippen LogP contribution is -2.48. The Morgan fingerprint density at radius 1 is 1.30 bits per heavy atom. The first kappa shape index (κ1) is 12.7. The van der Waals surface area contributed by atoms with E-state index >= 15 is 0 Å². The lowest BCUT2D eigenvalue weighted by atomic mass is 9.92. The Morgan fingerprint density at radius 3 is 2.65 bits per heavy atom. The number of aryl methyl sites for hydroxylation is 1. The van der Waals surface area contributed by atoms with Crippen LogP contribution in [0.4, 0.5) is 0 Å². The molecule has 0 radical (unpaired) electrons. The molecule has 5 nitrogen and oxygen atoms in total. The number of amides is 1. The van der Waals surface area contributed by atoms with Gasteiger partial charge < -0.3 is 4.90 Å². The second-order valence-electron chi connectivity index (χ2n) is 4.93. The molecule has 0 N–H and O–H groups in total. The van der Waals surface area contributed by atoms with E-state index in [-0.39, 0.29) is 5.91 Å². The van der Waals surface area contributed by atoms with Crippen molar-refractivity contribution in [1.82, 2.24) is 19.9 Å². The normalized spacial score (nSPS) is 14.9. The molecule has 0 unspecified atom stereocenters. The van der Waals surface area contributed by atoms with Gasteiger partial charge in [0.1, 0.15) is 5.82 Å². The van der Waals surface area contributed by atoms with Crippen molar-refractivity contribution in [3.63, 3.8) is 0 Å². The van der Waals surface area contributed by atoms with E-state index < -0.39 is 0 Å². The molecule has 2 aromatic heterocycles. The predicted molar refractivity (Wildman–Crippen MR) is 74.3 cm³/mol. The van der Waals surface area contributed by atoms with E-state index in [1.165, 1.54) is 5.56 Å². The summed E-state index contributed by atoms with van der Waals surface area (Å²) in [4.78, 5) is 26.5. The van der Waals surface area contributed by atoms with E-state index in [0.29, 0.717) is 11.5 Å². The summed E-state index contributed by atoms with van der Waals surface area (Å²) in [7, 11) is 0.